The van der Waals surface area contributed by atoms with Gasteiger partial charge in [-0.2, -0.15) is 13.2 Å². The van der Waals surface area contributed by atoms with E-state index in [-0.39, 0.29) is 38.3 Å². The molecule has 0 aliphatic carbocycles. The minimum absolute atomic E-state index is 0.00783. The molecular weight excluding hydrogens is 693 g/mol. The summed E-state index contributed by atoms with van der Waals surface area (Å²) in [6.07, 6.45) is -4.80. The van der Waals surface area contributed by atoms with Gasteiger partial charge >= 0.3 is 12.3 Å². The lowest BCUT2D eigenvalue weighted by Gasteiger charge is -2.34. The fraction of sp³-hybridized carbons (Fsp3) is 0.525. The molecular formula is C40H47F3N2O8. The molecule has 4 aliphatic heterocycles. The zero-order valence-corrected chi connectivity index (χ0v) is 30.5. The van der Waals surface area contributed by atoms with Crippen molar-refractivity contribution < 1.29 is 51.1 Å². The maximum absolute atomic E-state index is 14.2. The molecule has 0 saturated carbocycles. The van der Waals surface area contributed by atoms with Crippen LogP contribution in [0.4, 0.5) is 18.0 Å². The van der Waals surface area contributed by atoms with Crippen LogP contribution in [0.15, 0.2) is 66.7 Å². The molecule has 4 heterocycles. The van der Waals surface area contributed by atoms with Crippen LogP contribution >= 0.6 is 0 Å². The quantitative estimate of drug-likeness (QED) is 0.188. The van der Waals surface area contributed by atoms with Crippen molar-refractivity contribution in [3.63, 3.8) is 0 Å². The third-order valence-corrected chi connectivity index (χ3v) is 10.1. The van der Waals surface area contributed by atoms with E-state index in [0.717, 1.165) is 47.7 Å². The summed E-state index contributed by atoms with van der Waals surface area (Å²) >= 11 is 0. The van der Waals surface area contributed by atoms with Gasteiger partial charge < -0.3 is 33.2 Å². The Bertz CT molecular complexity index is 1740. The highest BCUT2D eigenvalue weighted by atomic mass is 19.4. The number of carbonyl (C=O) groups is 1. The van der Waals surface area contributed by atoms with Gasteiger partial charge in [0.2, 0.25) is 6.79 Å². The smallest absolute Gasteiger partial charge is 0.416 e. The zero-order chi connectivity index (χ0) is 37.3. The van der Waals surface area contributed by atoms with Gasteiger partial charge in [0, 0.05) is 19.6 Å². The van der Waals surface area contributed by atoms with E-state index in [2.05, 4.69) is 18.7 Å². The van der Waals surface area contributed by atoms with Crippen LogP contribution in [0, 0.1) is 11.8 Å². The molecule has 0 spiro atoms. The summed E-state index contributed by atoms with van der Waals surface area (Å²) in [5.74, 6) is 2.33. The lowest BCUT2D eigenvalue weighted by atomic mass is 9.99. The SMILES string of the molecule is CC(C)CN(Cc1ccc2c(c1)OCO2)CC1OC(C)(C)N(C(=O)OC2COC3OCCC23)C1Cc1ccc(OCc2cccc(C(F)(F)F)c2)cc1. The maximum atomic E-state index is 14.2. The number of hydrogen-bond donors (Lipinski definition) is 0. The number of rotatable bonds is 12. The van der Waals surface area contributed by atoms with Gasteiger partial charge in [-0.05, 0) is 85.7 Å². The minimum Gasteiger partial charge on any atom is -0.489 e. The summed E-state index contributed by atoms with van der Waals surface area (Å²) < 4.78 is 81.0. The van der Waals surface area contributed by atoms with E-state index >= 15 is 0 Å². The molecule has 13 heteroatoms. The van der Waals surface area contributed by atoms with Gasteiger partial charge in [0.15, 0.2) is 17.8 Å². The Morgan fingerprint density at radius 3 is 2.53 bits per heavy atom. The van der Waals surface area contributed by atoms with Crippen molar-refractivity contribution in [3.8, 4) is 17.2 Å². The van der Waals surface area contributed by atoms with Crippen LogP contribution in [0.2, 0.25) is 0 Å². The summed E-state index contributed by atoms with van der Waals surface area (Å²) in [7, 11) is 0. The average Bonchev–Trinajstić information content (AvgIpc) is 3.89. The number of halogens is 3. The van der Waals surface area contributed by atoms with Crippen molar-refractivity contribution in [1.29, 1.82) is 0 Å². The molecule has 1 amide bonds. The first-order valence-corrected chi connectivity index (χ1v) is 18.2. The number of alkyl halides is 3. The van der Waals surface area contributed by atoms with Crippen LogP contribution in [0.3, 0.4) is 0 Å². The van der Waals surface area contributed by atoms with Crippen LogP contribution < -0.4 is 14.2 Å². The van der Waals surface area contributed by atoms with E-state index in [0.29, 0.717) is 43.3 Å². The molecule has 53 heavy (non-hydrogen) atoms. The van der Waals surface area contributed by atoms with Gasteiger partial charge in [0.1, 0.15) is 24.2 Å². The lowest BCUT2D eigenvalue weighted by Crippen LogP contribution is -2.51. The van der Waals surface area contributed by atoms with Gasteiger partial charge in [-0.3, -0.25) is 9.80 Å². The fourth-order valence-corrected chi connectivity index (χ4v) is 7.78. The Kier molecular flexibility index (Phi) is 10.8. The molecule has 286 valence electrons. The maximum Gasteiger partial charge on any atom is 0.416 e. The van der Waals surface area contributed by atoms with Crippen LogP contribution in [0.1, 0.15) is 56.4 Å². The summed E-state index contributed by atoms with van der Waals surface area (Å²) in [5, 5.41) is 0. The number of nitrogens with zero attached hydrogens (tertiary/aromatic N) is 2. The van der Waals surface area contributed by atoms with Crippen LogP contribution in [-0.2, 0) is 44.7 Å². The van der Waals surface area contributed by atoms with E-state index in [1.165, 1.54) is 6.07 Å². The van der Waals surface area contributed by atoms with E-state index in [9.17, 15) is 18.0 Å². The largest absolute Gasteiger partial charge is 0.489 e. The molecule has 10 nitrogen and oxygen atoms in total. The molecule has 5 atom stereocenters. The van der Waals surface area contributed by atoms with Gasteiger partial charge in [0.25, 0.3) is 0 Å². The average molecular weight is 741 g/mol. The fourth-order valence-electron chi connectivity index (χ4n) is 7.78. The summed E-state index contributed by atoms with van der Waals surface area (Å²) in [4.78, 5) is 18.2. The normalized spacial score (nSPS) is 24.6. The third-order valence-electron chi connectivity index (χ3n) is 10.1. The molecule has 0 radical (unpaired) electrons. The first-order valence-electron chi connectivity index (χ1n) is 18.2. The second kappa shape index (κ2) is 15.4. The van der Waals surface area contributed by atoms with Crippen molar-refractivity contribution in [2.45, 2.75) is 90.1 Å². The number of carbonyl (C=O) groups excluding carboxylic acids is 1. The molecule has 3 aromatic carbocycles. The van der Waals surface area contributed by atoms with Crippen molar-refractivity contribution in [2.75, 3.05) is 33.1 Å². The Morgan fingerprint density at radius 2 is 1.75 bits per heavy atom. The molecule has 5 unspecified atom stereocenters. The van der Waals surface area contributed by atoms with Gasteiger partial charge in [-0.25, -0.2) is 4.79 Å². The first kappa shape index (κ1) is 37.3. The van der Waals surface area contributed by atoms with E-state index in [1.807, 2.05) is 44.2 Å². The van der Waals surface area contributed by atoms with E-state index < -0.39 is 35.7 Å². The Balaban J connectivity index is 1.10. The highest BCUT2D eigenvalue weighted by Crippen LogP contribution is 2.39. The van der Waals surface area contributed by atoms with Gasteiger partial charge in [-0.1, -0.05) is 44.2 Å². The van der Waals surface area contributed by atoms with E-state index in [1.54, 1.807) is 23.1 Å². The van der Waals surface area contributed by atoms with Crippen LogP contribution in [0.5, 0.6) is 17.2 Å². The van der Waals surface area contributed by atoms with Crippen LogP contribution in [-0.4, -0.2) is 79.3 Å². The Hall–Kier alpha value is -4.04. The molecule has 0 aromatic heterocycles. The first-order chi connectivity index (χ1) is 25.3. The Labute approximate surface area is 308 Å². The topological polar surface area (TPSA) is 88.2 Å². The monoisotopic (exact) mass is 740 g/mol. The molecule has 4 aliphatic rings. The predicted octanol–water partition coefficient (Wildman–Crippen LogP) is 7.42. The molecule has 3 saturated heterocycles. The summed E-state index contributed by atoms with van der Waals surface area (Å²) in [6.45, 7) is 11.2. The highest BCUT2D eigenvalue weighted by molar-refractivity contribution is 5.70. The highest BCUT2D eigenvalue weighted by Gasteiger charge is 2.53. The minimum atomic E-state index is -4.43. The third kappa shape index (κ3) is 8.69. The predicted molar refractivity (Wildman–Crippen MR) is 187 cm³/mol. The molecule has 3 aromatic rings. The van der Waals surface area contributed by atoms with Crippen molar-refractivity contribution >= 4 is 6.09 Å². The standard InChI is InChI=1S/C40H47F3N2O8/c1-25(2)19-44(20-27-10-13-33-34(18-27)51-24-50-33)21-35-32(45(39(3,4)53-35)38(46)52-36-23-49-37-31(36)14-15-47-37)17-26-8-11-30(12-9-26)48-22-28-6-5-7-29(16-28)40(41,42)43/h5-13,16,18,25,31-32,35-37H,14-15,17,19-24H2,1-4H3. The number of hydrogen-bond acceptors (Lipinski definition) is 9. The van der Waals surface area contributed by atoms with Crippen molar-refractivity contribution in [3.05, 3.63) is 89.0 Å². The second-order valence-electron chi connectivity index (χ2n) is 15.1. The Morgan fingerprint density at radius 1 is 0.981 bits per heavy atom. The van der Waals surface area contributed by atoms with E-state index in [4.69, 9.17) is 33.2 Å². The molecule has 3 fully saturated rings. The summed E-state index contributed by atoms with van der Waals surface area (Å²) in [5.41, 5.74) is 0.739. The van der Waals surface area contributed by atoms with Crippen molar-refractivity contribution in [1.82, 2.24) is 9.80 Å². The molecule has 0 N–H and O–H groups in total. The second-order valence-corrected chi connectivity index (χ2v) is 15.1. The number of fused-ring (bicyclic) bond motifs is 2. The zero-order valence-electron chi connectivity index (χ0n) is 30.5. The number of benzene rings is 3. The number of ether oxygens (including phenoxy) is 7. The van der Waals surface area contributed by atoms with Crippen LogP contribution in [0.25, 0.3) is 0 Å². The van der Waals surface area contributed by atoms with Gasteiger partial charge in [0.05, 0.1) is 36.8 Å². The number of amides is 1. The summed E-state index contributed by atoms with van der Waals surface area (Å²) in [6, 6.07) is 18.1. The lowest BCUT2D eigenvalue weighted by molar-refractivity contribution is -0.137. The van der Waals surface area contributed by atoms with Crippen molar-refractivity contribution in [2.24, 2.45) is 11.8 Å². The van der Waals surface area contributed by atoms with Gasteiger partial charge in [-0.15, -0.1) is 0 Å². The molecule has 7 rings (SSSR count). The molecule has 0 bridgehead atoms.